The summed E-state index contributed by atoms with van der Waals surface area (Å²) in [5.41, 5.74) is 1.70. The van der Waals surface area contributed by atoms with Gasteiger partial charge in [0.2, 0.25) is 0 Å². The van der Waals surface area contributed by atoms with Gasteiger partial charge in [0.1, 0.15) is 30.6 Å². The molecule has 14 heteroatoms. The first kappa shape index (κ1) is 38.0. The van der Waals surface area contributed by atoms with Crippen molar-refractivity contribution in [3.63, 3.8) is 0 Å². The summed E-state index contributed by atoms with van der Waals surface area (Å²) in [5, 5.41) is 33.1. The van der Waals surface area contributed by atoms with Gasteiger partial charge in [0.05, 0.1) is 12.7 Å². The molecule has 4 aliphatic carbocycles. The van der Waals surface area contributed by atoms with E-state index in [0.717, 1.165) is 36.5 Å². The fourth-order valence-corrected chi connectivity index (χ4v) is 12.0. The fourth-order valence-electron chi connectivity index (χ4n) is 10.5. The van der Waals surface area contributed by atoms with Crippen molar-refractivity contribution in [2.45, 2.75) is 142 Å². The maximum absolute atomic E-state index is 13.2. The highest BCUT2D eigenvalue weighted by atomic mass is 31.2. The number of phosphoric acid groups is 1. The van der Waals surface area contributed by atoms with E-state index < -0.39 is 58.9 Å². The maximum atomic E-state index is 13.2. The van der Waals surface area contributed by atoms with Gasteiger partial charge >= 0.3 is 15.6 Å². The first-order chi connectivity index (χ1) is 21.8. The monoisotopic (exact) mass is 707 g/mol. The van der Waals surface area contributed by atoms with Crippen molar-refractivity contribution in [3.8, 4) is 0 Å². The Kier molecular flexibility index (Phi) is 11.7. The average Bonchev–Trinajstić information content (AvgIpc) is 3.33. The molecule has 12 nitrogen and oxygen atoms in total. The van der Waals surface area contributed by atoms with Gasteiger partial charge in [-0.3, -0.25) is 9.05 Å². The summed E-state index contributed by atoms with van der Waals surface area (Å²) >= 11 is 0. The third-order valence-electron chi connectivity index (χ3n) is 13.0. The topological polar surface area (TPSA) is 195 Å². The number of aliphatic hydroxyl groups excluding tert-OH is 3. The molecular formula is C33H59NO11P2. The Balaban J connectivity index is 1.20. The summed E-state index contributed by atoms with van der Waals surface area (Å²) in [7, 11) is -9.51. The minimum absolute atomic E-state index is 0.0208. The van der Waals surface area contributed by atoms with E-state index in [-0.39, 0.29) is 5.41 Å². The Morgan fingerprint density at radius 2 is 1.68 bits per heavy atom. The second kappa shape index (κ2) is 14.4. The first-order valence-electron chi connectivity index (χ1n) is 17.7. The van der Waals surface area contributed by atoms with Gasteiger partial charge in [-0.25, -0.2) is 9.13 Å². The van der Waals surface area contributed by atoms with E-state index in [1.54, 1.807) is 0 Å². The van der Waals surface area contributed by atoms with Gasteiger partial charge in [0.15, 0.2) is 0 Å². The van der Waals surface area contributed by atoms with Gasteiger partial charge in [-0.1, -0.05) is 65.5 Å². The van der Waals surface area contributed by atoms with Gasteiger partial charge < -0.3 is 34.7 Å². The van der Waals surface area contributed by atoms with Gasteiger partial charge in [0, 0.05) is 0 Å². The molecular weight excluding hydrogens is 648 g/mol. The molecule has 1 aliphatic heterocycles. The quantitative estimate of drug-likeness (QED) is 0.106. The first-order valence-corrected chi connectivity index (χ1v) is 20.8. The van der Waals surface area contributed by atoms with Crippen LogP contribution in [-0.4, -0.2) is 73.4 Å². The smallest absolute Gasteiger partial charge is 0.387 e. The van der Waals surface area contributed by atoms with E-state index in [0.29, 0.717) is 30.1 Å². The van der Waals surface area contributed by atoms with Gasteiger partial charge in [-0.2, -0.15) is 5.09 Å². The van der Waals surface area contributed by atoms with Crippen molar-refractivity contribution in [3.05, 3.63) is 11.6 Å². The second-order valence-electron chi connectivity index (χ2n) is 16.3. The lowest BCUT2D eigenvalue weighted by Crippen LogP contribution is -2.62. The zero-order valence-electron chi connectivity index (χ0n) is 28.6. The molecule has 47 heavy (non-hydrogen) atoms. The second-order valence-corrected chi connectivity index (χ2v) is 19.0. The predicted octanol–water partition coefficient (Wildman–Crippen LogP) is 5.02. The van der Waals surface area contributed by atoms with Gasteiger partial charge in [-0.05, 0) is 97.7 Å². The average molecular weight is 708 g/mol. The number of rotatable bonds is 12. The largest absolute Gasteiger partial charge is 0.469 e. The highest BCUT2D eigenvalue weighted by molar-refractivity contribution is 7.50. The predicted molar refractivity (Wildman–Crippen MR) is 176 cm³/mol. The number of hydrogen-bond acceptors (Lipinski definition) is 8. The minimum atomic E-state index is -4.92. The van der Waals surface area contributed by atoms with Crippen LogP contribution in [0.2, 0.25) is 0 Å². The Bertz CT molecular complexity index is 1230. The lowest BCUT2D eigenvalue weighted by Gasteiger charge is -2.58. The SMILES string of the molecule is CC(C)CCC[C@@H](C)[C@H]1CC[C@H]2[C@@H]3CC=C4C[C@@H](OP(=O)(O)N[C@H]5O[C@H](COP(=O)(O)O)[C@@H](O)[C@@H](O)[C@@H]5O)CC[C@]4(C)[C@H]3CC[C@]12C. The fraction of sp³-hybridized carbons (Fsp3) is 0.939. The van der Waals surface area contributed by atoms with Crippen molar-refractivity contribution in [1.29, 1.82) is 0 Å². The van der Waals surface area contributed by atoms with Crippen LogP contribution in [0.3, 0.4) is 0 Å². The zero-order chi connectivity index (χ0) is 34.5. The number of fused-ring (bicyclic) bond motifs is 5. The van der Waals surface area contributed by atoms with Crippen LogP contribution in [0.15, 0.2) is 11.6 Å². The minimum Gasteiger partial charge on any atom is -0.387 e. The van der Waals surface area contributed by atoms with Crippen molar-refractivity contribution in [1.82, 2.24) is 5.09 Å². The van der Waals surface area contributed by atoms with Crippen molar-refractivity contribution >= 4 is 15.6 Å². The van der Waals surface area contributed by atoms with Gasteiger partial charge in [-0.15, -0.1) is 0 Å². The van der Waals surface area contributed by atoms with Crippen molar-refractivity contribution in [2.75, 3.05) is 6.61 Å². The number of phosphoric ester groups is 1. The molecule has 0 spiro atoms. The molecule has 3 saturated carbocycles. The standard InChI is InChI=1S/C33H59NO11P2/c1-19(2)7-6-8-20(3)24-11-12-25-23-10-9-21-17-22(13-15-32(21,4)26(23)14-16-33(24,25)5)45-46(38,39)34-31-30(37)29(36)28(35)27(44-31)18-43-47(40,41)42/h9,19-20,22-31,35-37H,6-8,10-18H2,1-5H3,(H2,34,38,39)(H2,40,41,42)/t20-,22+,23+,24-,25+,26+,27-,28-,29-,30+,31+,32+,33-/m1/s1. The molecule has 14 atom stereocenters. The number of allylic oxidation sites excluding steroid dienone is 1. The summed E-state index contributed by atoms with van der Waals surface area (Å²) < 4.78 is 39.8. The van der Waals surface area contributed by atoms with E-state index in [9.17, 15) is 29.3 Å². The van der Waals surface area contributed by atoms with Crippen LogP contribution in [0.5, 0.6) is 0 Å². The molecule has 1 saturated heterocycles. The van der Waals surface area contributed by atoms with Crippen LogP contribution in [0.4, 0.5) is 0 Å². The number of nitrogens with one attached hydrogen (secondary N) is 1. The van der Waals surface area contributed by atoms with Crippen molar-refractivity contribution in [2.24, 2.45) is 46.3 Å². The highest BCUT2D eigenvalue weighted by Crippen LogP contribution is 2.67. The molecule has 4 fully saturated rings. The molecule has 5 aliphatic rings. The Hall–Kier alpha value is -0.200. The third-order valence-corrected chi connectivity index (χ3v) is 14.6. The van der Waals surface area contributed by atoms with E-state index in [4.69, 9.17) is 19.0 Å². The lowest BCUT2D eigenvalue weighted by atomic mass is 9.47. The Morgan fingerprint density at radius 3 is 2.36 bits per heavy atom. The number of ether oxygens (including phenoxy) is 1. The van der Waals surface area contributed by atoms with E-state index in [1.165, 1.54) is 50.5 Å². The van der Waals surface area contributed by atoms with Crippen LogP contribution in [0, 0.1) is 46.3 Å². The van der Waals surface area contributed by atoms with Crippen LogP contribution in [0.1, 0.15) is 105 Å². The van der Waals surface area contributed by atoms with Crippen molar-refractivity contribution < 1.29 is 52.9 Å². The molecule has 7 N–H and O–H groups in total. The highest BCUT2D eigenvalue weighted by Gasteiger charge is 2.59. The molecule has 1 heterocycles. The molecule has 1 unspecified atom stereocenters. The molecule has 272 valence electrons. The summed E-state index contributed by atoms with van der Waals surface area (Å²) in [6.45, 7) is 11.3. The Labute approximate surface area is 279 Å². The van der Waals surface area contributed by atoms with Crippen LogP contribution in [-0.2, 0) is 22.9 Å². The van der Waals surface area contributed by atoms with Crippen LogP contribution >= 0.6 is 15.6 Å². The zero-order valence-corrected chi connectivity index (χ0v) is 30.4. The molecule has 5 rings (SSSR count). The normalized spacial score (nSPS) is 44.2. The summed E-state index contributed by atoms with van der Waals surface area (Å²) in [4.78, 5) is 28.8. The van der Waals surface area contributed by atoms with E-state index in [1.807, 2.05) is 0 Å². The van der Waals surface area contributed by atoms with Crippen LogP contribution < -0.4 is 5.09 Å². The molecule has 0 amide bonds. The van der Waals surface area contributed by atoms with Gasteiger partial charge in [0.25, 0.3) is 0 Å². The lowest BCUT2D eigenvalue weighted by molar-refractivity contribution is -0.231. The Morgan fingerprint density at radius 1 is 0.957 bits per heavy atom. The summed E-state index contributed by atoms with van der Waals surface area (Å²) in [6.07, 6.45) is 5.36. The van der Waals surface area contributed by atoms with E-state index >= 15 is 0 Å². The molecule has 0 radical (unpaired) electrons. The molecule has 0 aromatic rings. The summed E-state index contributed by atoms with van der Waals surface area (Å²) in [6, 6.07) is 0. The molecule has 0 bridgehead atoms. The van der Waals surface area contributed by atoms with Crippen LogP contribution in [0.25, 0.3) is 0 Å². The number of hydrogen-bond donors (Lipinski definition) is 7. The maximum Gasteiger partial charge on any atom is 0.469 e. The third kappa shape index (κ3) is 8.15. The number of aliphatic hydroxyl groups is 3. The van der Waals surface area contributed by atoms with E-state index in [2.05, 4.69) is 50.3 Å². The summed E-state index contributed by atoms with van der Waals surface area (Å²) in [5.74, 6) is 4.29. The molecule has 0 aromatic heterocycles. The molecule has 0 aromatic carbocycles.